The molecule has 0 saturated carbocycles. The summed E-state index contributed by atoms with van der Waals surface area (Å²) in [4.78, 5) is 13.9. The molecule has 0 aliphatic heterocycles. The van der Waals surface area contributed by atoms with Crippen molar-refractivity contribution in [2.75, 3.05) is 0 Å². The maximum Gasteiger partial charge on any atom is 0.238 e. The zero-order chi connectivity index (χ0) is 15.8. The lowest BCUT2D eigenvalue weighted by atomic mass is 10.1. The van der Waals surface area contributed by atoms with Crippen LogP contribution in [0, 0.1) is 0 Å². The van der Waals surface area contributed by atoms with Crippen LogP contribution in [0.5, 0.6) is 0 Å². The molecule has 116 valence electrons. The van der Waals surface area contributed by atoms with Crippen LogP contribution in [-0.2, 0) is 4.79 Å². The minimum absolute atomic E-state index is 0.0914. The molecule has 1 amide bonds. The molecular formula is C19H23NOS. The highest BCUT2D eigenvalue weighted by molar-refractivity contribution is 8.00. The van der Waals surface area contributed by atoms with Gasteiger partial charge < -0.3 is 5.32 Å². The first-order chi connectivity index (χ1) is 10.7. The quantitative estimate of drug-likeness (QED) is 0.742. The fourth-order valence-corrected chi connectivity index (χ4v) is 3.36. The fourth-order valence-electron chi connectivity index (χ4n) is 2.31. The van der Waals surface area contributed by atoms with Crippen LogP contribution in [0.25, 0.3) is 0 Å². The van der Waals surface area contributed by atoms with Crippen LogP contribution < -0.4 is 5.32 Å². The Morgan fingerprint density at radius 2 is 1.50 bits per heavy atom. The Labute approximate surface area is 137 Å². The van der Waals surface area contributed by atoms with Crippen LogP contribution in [-0.4, -0.2) is 11.9 Å². The third kappa shape index (κ3) is 4.63. The van der Waals surface area contributed by atoms with Crippen molar-refractivity contribution < 1.29 is 4.79 Å². The van der Waals surface area contributed by atoms with Crippen molar-refractivity contribution in [1.82, 2.24) is 5.32 Å². The monoisotopic (exact) mass is 313 g/mol. The summed E-state index contributed by atoms with van der Waals surface area (Å²) in [5.41, 5.74) is 1.04. The molecule has 0 spiro atoms. The third-order valence-corrected chi connectivity index (χ3v) is 4.94. The molecule has 0 fully saturated rings. The summed E-state index contributed by atoms with van der Waals surface area (Å²) in [6.45, 7) is 4.21. The SMILES string of the molecule is CCC(CC)NC(=O)[C@H](Sc1ccccc1)c1ccccc1. The van der Waals surface area contributed by atoms with E-state index in [1.54, 1.807) is 11.8 Å². The van der Waals surface area contributed by atoms with Gasteiger partial charge in [-0.1, -0.05) is 62.4 Å². The van der Waals surface area contributed by atoms with Crippen molar-refractivity contribution in [3.8, 4) is 0 Å². The molecule has 1 atom stereocenters. The fraction of sp³-hybridized carbons (Fsp3) is 0.316. The van der Waals surface area contributed by atoms with Crippen molar-refractivity contribution in [1.29, 1.82) is 0 Å². The molecule has 0 radical (unpaired) electrons. The molecule has 0 saturated heterocycles. The predicted octanol–water partition coefficient (Wildman–Crippen LogP) is 4.82. The van der Waals surface area contributed by atoms with E-state index >= 15 is 0 Å². The summed E-state index contributed by atoms with van der Waals surface area (Å²) in [7, 11) is 0. The first-order valence-corrected chi connectivity index (χ1v) is 8.69. The molecule has 0 aliphatic rings. The van der Waals surface area contributed by atoms with Crippen LogP contribution in [0.15, 0.2) is 65.6 Å². The average molecular weight is 313 g/mol. The Morgan fingerprint density at radius 3 is 2.05 bits per heavy atom. The number of carbonyl (C=O) groups excluding carboxylic acids is 1. The zero-order valence-corrected chi connectivity index (χ0v) is 14.0. The molecule has 3 heteroatoms. The third-order valence-electron chi connectivity index (χ3n) is 3.67. The second kappa shape index (κ2) is 8.64. The van der Waals surface area contributed by atoms with E-state index in [1.807, 2.05) is 60.7 Å². The minimum Gasteiger partial charge on any atom is -0.352 e. The first-order valence-electron chi connectivity index (χ1n) is 7.81. The van der Waals surface area contributed by atoms with Gasteiger partial charge in [0.25, 0.3) is 0 Å². The van der Waals surface area contributed by atoms with Gasteiger partial charge in [-0.05, 0) is 30.5 Å². The largest absolute Gasteiger partial charge is 0.352 e. The lowest BCUT2D eigenvalue weighted by molar-refractivity contribution is -0.121. The summed E-state index contributed by atoms with van der Waals surface area (Å²) in [6, 6.07) is 20.3. The number of thioether (sulfide) groups is 1. The van der Waals surface area contributed by atoms with Gasteiger partial charge in [0.1, 0.15) is 5.25 Å². The zero-order valence-electron chi connectivity index (χ0n) is 13.2. The standard InChI is InChI=1S/C19H23NOS/c1-3-16(4-2)20-19(21)18(15-11-7-5-8-12-15)22-17-13-9-6-10-14-17/h5-14,16,18H,3-4H2,1-2H3,(H,20,21)/t18-/m1/s1. The number of carbonyl (C=O) groups is 1. The normalized spacial score (nSPS) is 12.1. The molecule has 0 heterocycles. The van der Waals surface area contributed by atoms with E-state index in [1.165, 1.54) is 0 Å². The van der Waals surface area contributed by atoms with E-state index in [0.29, 0.717) is 0 Å². The van der Waals surface area contributed by atoms with E-state index < -0.39 is 0 Å². The number of hydrogen-bond donors (Lipinski definition) is 1. The van der Waals surface area contributed by atoms with Gasteiger partial charge in [0, 0.05) is 10.9 Å². The molecule has 2 aromatic carbocycles. The summed E-state index contributed by atoms with van der Waals surface area (Å²) >= 11 is 1.60. The Morgan fingerprint density at radius 1 is 0.955 bits per heavy atom. The summed E-state index contributed by atoms with van der Waals surface area (Å²) in [5, 5.41) is 2.96. The van der Waals surface area contributed by atoms with Gasteiger partial charge in [-0.25, -0.2) is 0 Å². The Balaban J connectivity index is 2.20. The molecule has 2 rings (SSSR count). The van der Waals surface area contributed by atoms with Gasteiger partial charge in [-0.2, -0.15) is 0 Å². The second-order valence-corrected chi connectivity index (χ2v) is 6.42. The van der Waals surface area contributed by atoms with Gasteiger partial charge >= 0.3 is 0 Å². The van der Waals surface area contributed by atoms with Gasteiger partial charge in [-0.3, -0.25) is 4.79 Å². The number of hydrogen-bond acceptors (Lipinski definition) is 2. The number of amides is 1. The van der Waals surface area contributed by atoms with E-state index in [-0.39, 0.29) is 17.2 Å². The highest BCUT2D eigenvalue weighted by Gasteiger charge is 2.23. The predicted molar refractivity (Wildman–Crippen MR) is 94.0 cm³/mol. The van der Waals surface area contributed by atoms with Crippen LogP contribution in [0.1, 0.15) is 37.5 Å². The van der Waals surface area contributed by atoms with Crippen LogP contribution in [0.3, 0.4) is 0 Å². The van der Waals surface area contributed by atoms with Gasteiger partial charge in [-0.15, -0.1) is 11.8 Å². The van der Waals surface area contributed by atoms with E-state index in [9.17, 15) is 4.79 Å². The second-order valence-electron chi connectivity index (χ2n) is 5.24. The maximum atomic E-state index is 12.7. The molecule has 22 heavy (non-hydrogen) atoms. The number of benzene rings is 2. The minimum atomic E-state index is -0.218. The van der Waals surface area contributed by atoms with Crippen LogP contribution in [0.4, 0.5) is 0 Å². The lowest BCUT2D eigenvalue weighted by Gasteiger charge is -2.21. The van der Waals surface area contributed by atoms with E-state index in [0.717, 1.165) is 23.3 Å². The van der Waals surface area contributed by atoms with E-state index in [2.05, 4.69) is 19.2 Å². The lowest BCUT2D eigenvalue weighted by Crippen LogP contribution is -2.36. The van der Waals surface area contributed by atoms with Crippen LogP contribution >= 0.6 is 11.8 Å². The van der Waals surface area contributed by atoms with Gasteiger partial charge in [0.05, 0.1) is 0 Å². The van der Waals surface area contributed by atoms with Crippen molar-refractivity contribution >= 4 is 17.7 Å². The molecular weight excluding hydrogens is 290 g/mol. The molecule has 0 aromatic heterocycles. The van der Waals surface area contributed by atoms with Crippen molar-refractivity contribution in [3.63, 3.8) is 0 Å². The maximum absolute atomic E-state index is 12.7. The Bertz CT molecular complexity index is 567. The first kappa shape index (κ1) is 16.6. The Hall–Kier alpha value is -1.74. The van der Waals surface area contributed by atoms with Crippen LogP contribution in [0.2, 0.25) is 0 Å². The molecule has 1 N–H and O–H groups in total. The highest BCUT2D eigenvalue weighted by atomic mass is 32.2. The van der Waals surface area contributed by atoms with Crippen molar-refractivity contribution in [2.24, 2.45) is 0 Å². The molecule has 0 bridgehead atoms. The van der Waals surface area contributed by atoms with Gasteiger partial charge in [0.15, 0.2) is 0 Å². The molecule has 2 aromatic rings. The van der Waals surface area contributed by atoms with Gasteiger partial charge in [0.2, 0.25) is 5.91 Å². The number of rotatable bonds is 7. The van der Waals surface area contributed by atoms with Crippen molar-refractivity contribution in [3.05, 3.63) is 66.2 Å². The Kier molecular flexibility index (Phi) is 6.53. The topological polar surface area (TPSA) is 29.1 Å². The van der Waals surface area contributed by atoms with Crippen molar-refractivity contribution in [2.45, 2.75) is 42.9 Å². The summed E-state index contributed by atoms with van der Waals surface area (Å²) < 4.78 is 0. The molecule has 2 nitrogen and oxygen atoms in total. The average Bonchev–Trinajstić information content (AvgIpc) is 2.59. The van der Waals surface area contributed by atoms with E-state index in [4.69, 9.17) is 0 Å². The molecule has 0 aliphatic carbocycles. The summed E-state index contributed by atoms with van der Waals surface area (Å²) in [5.74, 6) is 0.0914. The molecule has 0 unspecified atom stereocenters. The summed E-state index contributed by atoms with van der Waals surface area (Å²) in [6.07, 6.45) is 1.92. The smallest absolute Gasteiger partial charge is 0.238 e. The highest BCUT2D eigenvalue weighted by Crippen LogP contribution is 2.35. The number of nitrogens with one attached hydrogen (secondary N) is 1.